The zero-order valence-electron chi connectivity index (χ0n) is 42.6. The first kappa shape index (κ1) is 57.6. The molecule has 0 bridgehead atoms. The summed E-state index contributed by atoms with van der Waals surface area (Å²) in [6.07, 6.45) is 10.1. The van der Waals surface area contributed by atoms with Crippen molar-refractivity contribution in [3.8, 4) is 17.5 Å². The van der Waals surface area contributed by atoms with Gasteiger partial charge in [-0.3, -0.25) is 13.7 Å². The van der Waals surface area contributed by atoms with Crippen LogP contribution in [0.15, 0.2) is 108 Å². The molecule has 4 heterocycles. The smallest absolute Gasteiger partial charge is 0.333 e. The number of allylic oxidation sites excluding steroid dienone is 5. The van der Waals surface area contributed by atoms with Gasteiger partial charge in [-0.1, -0.05) is 48.6 Å². The molecule has 0 spiro atoms. The monoisotopic (exact) mass is 1110 g/mol. The summed E-state index contributed by atoms with van der Waals surface area (Å²) in [5, 5.41) is 20.1. The van der Waals surface area contributed by atoms with E-state index in [2.05, 4.69) is 11.0 Å². The van der Waals surface area contributed by atoms with Crippen molar-refractivity contribution in [2.24, 2.45) is 0 Å². The summed E-state index contributed by atoms with van der Waals surface area (Å²) >= 11 is 0. The third-order valence-electron chi connectivity index (χ3n) is 13.3. The molecule has 0 saturated carbocycles. The minimum atomic E-state index is -4.72. The quantitative estimate of drug-likeness (QED) is 0.0240. The Bertz CT molecular complexity index is 3290. The van der Waals surface area contributed by atoms with Gasteiger partial charge in [-0.15, -0.1) is 4.73 Å². The van der Waals surface area contributed by atoms with Crippen LogP contribution in [-0.2, 0) is 54.8 Å². The Kier molecular flexibility index (Phi) is 18.2. The minimum Gasteiger partial charge on any atom is -0.492 e. The van der Waals surface area contributed by atoms with Gasteiger partial charge in [-0.25, -0.2) is 4.79 Å². The number of anilines is 1. The molecule has 410 valence electrons. The van der Waals surface area contributed by atoms with E-state index in [1.54, 1.807) is 23.8 Å². The van der Waals surface area contributed by atoms with Crippen LogP contribution in [0.1, 0.15) is 81.5 Å². The molecule has 0 saturated heterocycles. The van der Waals surface area contributed by atoms with Crippen LogP contribution < -0.4 is 14.5 Å². The lowest BCUT2D eigenvalue weighted by molar-refractivity contribution is -0.437. The summed E-state index contributed by atoms with van der Waals surface area (Å²) in [5.41, 5.74) is 4.48. The fraction of sp³-hybridized carbons (Fsp3) is 0.396. The Labute approximate surface area is 443 Å². The van der Waals surface area contributed by atoms with Crippen molar-refractivity contribution in [2.75, 3.05) is 69.6 Å². The molecule has 7 rings (SSSR count). The molecule has 5 N–H and O–H groups in total. The van der Waals surface area contributed by atoms with Crippen molar-refractivity contribution >= 4 is 70.3 Å². The summed E-state index contributed by atoms with van der Waals surface area (Å²) in [7, 11) is -11.8. The highest BCUT2D eigenvalue weighted by Gasteiger charge is 2.48. The molecular weight excluding hydrogens is 1050 g/mol. The van der Waals surface area contributed by atoms with E-state index in [0.717, 1.165) is 34.5 Å². The van der Waals surface area contributed by atoms with Crippen molar-refractivity contribution in [3.05, 3.63) is 125 Å². The van der Waals surface area contributed by atoms with Gasteiger partial charge in [0.05, 0.1) is 60.4 Å². The van der Waals surface area contributed by atoms with Gasteiger partial charge in [-0.05, 0) is 81.9 Å². The summed E-state index contributed by atoms with van der Waals surface area (Å²) in [5.74, 6) is -1.83. The molecule has 0 fully saturated rings. The van der Waals surface area contributed by atoms with Gasteiger partial charge in [-0.2, -0.15) is 29.8 Å². The van der Waals surface area contributed by atoms with Gasteiger partial charge in [0.25, 0.3) is 30.4 Å². The first-order chi connectivity index (χ1) is 35.9. The number of hydrogen-bond donors (Lipinski definition) is 5. The maximum absolute atomic E-state index is 13.1. The molecule has 3 aliphatic heterocycles. The lowest BCUT2D eigenvalue weighted by Crippen LogP contribution is -2.46. The Balaban J connectivity index is 1.32. The van der Waals surface area contributed by atoms with Gasteiger partial charge in [0, 0.05) is 84.8 Å². The summed E-state index contributed by atoms with van der Waals surface area (Å²) in [6.45, 7) is 8.19. The summed E-state index contributed by atoms with van der Waals surface area (Å²) in [6, 6.07) is 19.7. The molecule has 3 aliphatic rings. The molecule has 20 nitrogen and oxygen atoms in total. The topological polar surface area (TPSA) is 278 Å². The number of aromatic nitrogens is 1. The van der Waals surface area contributed by atoms with E-state index in [9.17, 15) is 53.9 Å². The standard InChI is InChI=1S/C53H63N3O17S3/c1-52(2)36-39(21-25-70-28-29-71-27-26-69-4)41-34-42-38(32-46(37-12-6-5-7-13-37)72-47(42)35-45(41)55(52)24-11-31-75(63,64)65)14-8-15-48-53(3,22-9-16-51(59)73-56-49(57)19-20-50(56)58)43-33-40(76(66,67)68)17-18-44(43)54(48)23-10-30-74(60,61)62/h5-8,12-15,17-20,32-36H,9-11,16,21-31H2,1-4H3,(H4-,57,58,60,61,62,63,64,65,66,67,68)/p+1. The number of ether oxygens (including phenoxy) is 4. The van der Waals surface area contributed by atoms with E-state index in [4.69, 9.17) is 23.8 Å². The van der Waals surface area contributed by atoms with E-state index in [-0.39, 0.29) is 45.2 Å². The van der Waals surface area contributed by atoms with Crippen LogP contribution in [-0.4, -0.2) is 140 Å². The molecular formula is C53H64N3O17S3+. The first-order valence-electron chi connectivity index (χ1n) is 24.5. The Morgan fingerprint density at radius 1 is 0.789 bits per heavy atom. The molecule has 4 aromatic rings. The van der Waals surface area contributed by atoms with E-state index >= 15 is 0 Å². The van der Waals surface area contributed by atoms with Crippen LogP contribution >= 0.6 is 0 Å². The van der Waals surface area contributed by atoms with Crippen LogP contribution in [0.3, 0.4) is 0 Å². The number of fused-ring (bicyclic) bond motifs is 3. The van der Waals surface area contributed by atoms with E-state index < -0.39 is 75.4 Å². The second kappa shape index (κ2) is 24.0. The van der Waals surface area contributed by atoms with E-state index in [0.29, 0.717) is 83.8 Å². The number of nitrogens with zero attached hydrogens (tertiary/aromatic N) is 3. The fourth-order valence-electron chi connectivity index (χ4n) is 9.74. The highest BCUT2D eigenvalue weighted by molar-refractivity contribution is 7.86. The average molecular weight is 1110 g/mol. The van der Waals surface area contributed by atoms with Gasteiger partial charge < -0.3 is 38.9 Å². The molecule has 0 radical (unpaired) electrons. The van der Waals surface area contributed by atoms with Crippen LogP contribution in [0.25, 0.3) is 16.9 Å². The molecule has 1 atom stereocenters. The van der Waals surface area contributed by atoms with Gasteiger partial charge in [0.2, 0.25) is 17.4 Å². The number of methoxy groups -OCH3 is 1. The lowest BCUT2D eigenvalue weighted by atomic mass is 9.75. The normalized spacial score (nSPS) is 17.8. The molecule has 76 heavy (non-hydrogen) atoms. The van der Waals surface area contributed by atoms with Crippen molar-refractivity contribution in [1.82, 2.24) is 4.73 Å². The van der Waals surface area contributed by atoms with Crippen molar-refractivity contribution in [1.29, 1.82) is 0 Å². The predicted octanol–water partition coefficient (Wildman–Crippen LogP) is 7.01. The third-order valence-corrected chi connectivity index (χ3v) is 15.8. The average Bonchev–Trinajstić information content (AvgIpc) is 3.83. The number of hydrogen-bond acceptors (Lipinski definition) is 15. The zero-order valence-corrected chi connectivity index (χ0v) is 45.1. The zero-order chi connectivity index (χ0) is 55.1. The highest BCUT2D eigenvalue weighted by atomic mass is 32.2. The van der Waals surface area contributed by atoms with Gasteiger partial charge >= 0.3 is 5.97 Å². The van der Waals surface area contributed by atoms with Crippen LogP contribution in [0.4, 0.5) is 11.4 Å². The molecule has 0 aliphatic carbocycles. The van der Waals surface area contributed by atoms with Crippen molar-refractivity contribution < 1.29 is 82.3 Å². The number of aromatic hydroxyl groups is 2. The maximum Gasteiger partial charge on any atom is 0.333 e. The number of benzene rings is 3. The lowest BCUT2D eigenvalue weighted by Gasteiger charge is -2.44. The van der Waals surface area contributed by atoms with Gasteiger partial charge in [0.1, 0.15) is 18.1 Å². The Morgan fingerprint density at radius 2 is 1.46 bits per heavy atom. The molecule has 0 amide bonds. The summed E-state index contributed by atoms with van der Waals surface area (Å²) < 4.78 is 128. The largest absolute Gasteiger partial charge is 0.492 e. The molecule has 3 aromatic carbocycles. The van der Waals surface area contributed by atoms with Crippen molar-refractivity contribution in [2.45, 2.75) is 75.1 Å². The third kappa shape index (κ3) is 14.3. The second-order valence-electron chi connectivity index (χ2n) is 19.2. The molecule has 23 heteroatoms. The Hall–Kier alpha value is -6.15. The highest BCUT2D eigenvalue weighted by Crippen LogP contribution is 2.48. The number of rotatable bonds is 26. The van der Waals surface area contributed by atoms with Crippen LogP contribution in [0.5, 0.6) is 17.5 Å². The number of carbonyl (C=O) groups excluding carboxylic acids is 1. The minimum absolute atomic E-state index is 0.0374. The first-order valence-corrected chi connectivity index (χ1v) is 29.2. The van der Waals surface area contributed by atoms with Crippen LogP contribution in [0.2, 0.25) is 0 Å². The van der Waals surface area contributed by atoms with Crippen molar-refractivity contribution in [3.63, 3.8) is 0 Å². The molecule has 1 unspecified atom stereocenters. The summed E-state index contributed by atoms with van der Waals surface area (Å²) in [4.78, 5) is 20.0. The van der Waals surface area contributed by atoms with E-state index in [1.165, 1.54) is 18.2 Å². The fourth-order valence-corrected chi connectivity index (χ4v) is 11.2. The predicted molar refractivity (Wildman–Crippen MR) is 285 cm³/mol. The molecule has 1 aromatic heterocycles. The van der Waals surface area contributed by atoms with Crippen LogP contribution in [0, 0.1) is 0 Å². The van der Waals surface area contributed by atoms with E-state index in [1.807, 2.05) is 75.4 Å². The SMILES string of the molecule is COCCOCCOCCC1=CC(C)(C)N(CCCS(=O)(=O)O)c2cc3c(cc21)C(=CC=CC1=[N+](CCCS(=O)(=O)O)c2ccc(S(=O)(=O)O)cc2C1(C)CCCC(=O)On1c(O)ccc1O)C=C(c1ccccc1)O3. The maximum atomic E-state index is 13.1. The number of carbonyl (C=O) groups is 1. The Morgan fingerprint density at radius 3 is 2.13 bits per heavy atom. The second-order valence-corrected chi connectivity index (χ2v) is 23.8. The van der Waals surface area contributed by atoms with Gasteiger partial charge in [0.15, 0.2) is 5.71 Å².